The van der Waals surface area contributed by atoms with Crippen LogP contribution in [0.5, 0.6) is 5.75 Å². The van der Waals surface area contributed by atoms with Crippen molar-refractivity contribution in [1.82, 2.24) is 4.90 Å². The molecule has 5 nitrogen and oxygen atoms in total. The van der Waals surface area contributed by atoms with Crippen LogP contribution in [0.2, 0.25) is 0 Å². The van der Waals surface area contributed by atoms with Gasteiger partial charge in [0.1, 0.15) is 5.75 Å². The molecule has 27 heavy (non-hydrogen) atoms. The quantitative estimate of drug-likeness (QED) is 0.838. The van der Waals surface area contributed by atoms with Gasteiger partial charge in [-0.3, -0.25) is 9.59 Å². The maximum Gasteiger partial charge on any atom is 0.228 e. The molecule has 4 rings (SSSR count). The van der Waals surface area contributed by atoms with Crippen molar-refractivity contribution < 1.29 is 14.3 Å². The van der Waals surface area contributed by atoms with Crippen LogP contribution in [0.25, 0.3) is 0 Å². The van der Waals surface area contributed by atoms with Crippen molar-refractivity contribution in [3.63, 3.8) is 0 Å². The average Bonchev–Trinajstić information content (AvgIpc) is 3.30. The summed E-state index contributed by atoms with van der Waals surface area (Å²) >= 11 is 0. The lowest BCUT2D eigenvalue weighted by atomic mass is 10.1. The van der Waals surface area contributed by atoms with Gasteiger partial charge in [-0.1, -0.05) is 36.4 Å². The molecule has 1 heterocycles. The standard InChI is InChI=1S/C22H24N2O3/c1-23(18-11-15-7-3-4-8-16(15)12-18)22(26)17-13-21(25)24(14-17)19-9-5-6-10-20(19)27-2/h3-10,17-18H,11-14H2,1-2H3/t17-/m0/s1. The van der Waals surface area contributed by atoms with E-state index in [0.29, 0.717) is 12.3 Å². The Morgan fingerprint density at radius 3 is 2.33 bits per heavy atom. The van der Waals surface area contributed by atoms with Crippen molar-refractivity contribution in [2.45, 2.75) is 25.3 Å². The number of rotatable bonds is 4. The molecule has 140 valence electrons. The van der Waals surface area contributed by atoms with Crippen molar-refractivity contribution in [1.29, 1.82) is 0 Å². The number of likely N-dealkylation sites (N-methyl/N-ethyl adjacent to an activating group) is 1. The van der Waals surface area contributed by atoms with Crippen LogP contribution in [-0.2, 0) is 22.4 Å². The summed E-state index contributed by atoms with van der Waals surface area (Å²) in [7, 11) is 3.46. The number of hydrogen-bond acceptors (Lipinski definition) is 3. The number of fused-ring (bicyclic) bond motifs is 1. The van der Waals surface area contributed by atoms with E-state index < -0.39 is 0 Å². The number of benzene rings is 2. The number of carbonyl (C=O) groups is 2. The summed E-state index contributed by atoms with van der Waals surface area (Å²) in [5.74, 6) is 0.370. The second-order valence-electron chi connectivity index (χ2n) is 7.36. The van der Waals surface area contributed by atoms with E-state index in [4.69, 9.17) is 4.74 Å². The Morgan fingerprint density at radius 2 is 1.67 bits per heavy atom. The molecular formula is C22H24N2O3. The smallest absolute Gasteiger partial charge is 0.228 e. The first-order valence-electron chi connectivity index (χ1n) is 9.35. The molecule has 1 aliphatic heterocycles. The van der Waals surface area contributed by atoms with Crippen LogP contribution >= 0.6 is 0 Å². The van der Waals surface area contributed by atoms with E-state index in [2.05, 4.69) is 12.1 Å². The molecule has 0 N–H and O–H groups in total. The molecular weight excluding hydrogens is 340 g/mol. The number of amides is 2. The molecule has 2 aromatic carbocycles. The van der Waals surface area contributed by atoms with Gasteiger partial charge in [0.25, 0.3) is 0 Å². The molecule has 5 heteroatoms. The van der Waals surface area contributed by atoms with Crippen LogP contribution in [0, 0.1) is 5.92 Å². The second kappa shape index (κ2) is 7.06. The summed E-state index contributed by atoms with van der Waals surface area (Å²) in [5.41, 5.74) is 3.37. The van der Waals surface area contributed by atoms with Crippen molar-refractivity contribution >= 4 is 17.5 Å². The van der Waals surface area contributed by atoms with Gasteiger partial charge in [-0.2, -0.15) is 0 Å². The van der Waals surface area contributed by atoms with E-state index in [0.717, 1.165) is 18.5 Å². The molecule has 0 unspecified atom stereocenters. The van der Waals surface area contributed by atoms with E-state index in [1.165, 1.54) is 11.1 Å². The Balaban J connectivity index is 1.47. The van der Waals surface area contributed by atoms with Crippen LogP contribution in [0.4, 0.5) is 5.69 Å². The fourth-order valence-electron chi connectivity index (χ4n) is 4.24. The fourth-order valence-corrected chi connectivity index (χ4v) is 4.24. The first kappa shape index (κ1) is 17.6. The van der Waals surface area contributed by atoms with Crippen molar-refractivity contribution in [2.24, 2.45) is 5.92 Å². The summed E-state index contributed by atoms with van der Waals surface area (Å²) in [4.78, 5) is 29.2. The molecule has 1 saturated heterocycles. The number of para-hydroxylation sites is 2. The SMILES string of the molecule is COc1ccccc1N1C[C@@H](C(=O)N(C)C2Cc3ccccc3C2)CC1=O. The average molecular weight is 364 g/mol. The summed E-state index contributed by atoms with van der Waals surface area (Å²) in [6.07, 6.45) is 2.02. The minimum atomic E-state index is -0.309. The highest BCUT2D eigenvalue weighted by Crippen LogP contribution is 2.34. The Kier molecular flexibility index (Phi) is 4.60. The van der Waals surface area contributed by atoms with Gasteiger partial charge >= 0.3 is 0 Å². The summed E-state index contributed by atoms with van der Waals surface area (Å²) in [5, 5.41) is 0. The third kappa shape index (κ3) is 3.18. The van der Waals surface area contributed by atoms with Crippen LogP contribution in [0.15, 0.2) is 48.5 Å². The molecule has 2 aliphatic rings. The Morgan fingerprint density at radius 1 is 1.04 bits per heavy atom. The molecule has 0 spiro atoms. The van der Waals surface area contributed by atoms with Crippen LogP contribution in [0.1, 0.15) is 17.5 Å². The summed E-state index contributed by atoms with van der Waals surface area (Å²) < 4.78 is 5.38. The van der Waals surface area contributed by atoms with Gasteiger partial charge in [-0.15, -0.1) is 0 Å². The van der Waals surface area contributed by atoms with Gasteiger partial charge in [0.05, 0.1) is 18.7 Å². The summed E-state index contributed by atoms with van der Waals surface area (Å²) in [6.45, 7) is 0.405. The molecule has 1 atom stereocenters. The second-order valence-corrected chi connectivity index (χ2v) is 7.36. The normalized spacial score (nSPS) is 19.3. The van der Waals surface area contributed by atoms with Gasteiger partial charge in [0.2, 0.25) is 11.8 Å². The fraction of sp³-hybridized carbons (Fsp3) is 0.364. The highest BCUT2D eigenvalue weighted by molar-refractivity contribution is 6.01. The monoisotopic (exact) mass is 364 g/mol. The molecule has 0 bridgehead atoms. The third-order valence-corrected chi connectivity index (χ3v) is 5.78. The van der Waals surface area contributed by atoms with Crippen molar-refractivity contribution in [3.05, 3.63) is 59.7 Å². The van der Waals surface area contributed by atoms with Crippen LogP contribution in [-0.4, -0.2) is 43.5 Å². The van der Waals surface area contributed by atoms with Crippen LogP contribution < -0.4 is 9.64 Å². The maximum atomic E-state index is 13.1. The molecule has 1 aliphatic carbocycles. The molecule has 0 radical (unpaired) electrons. The minimum Gasteiger partial charge on any atom is -0.495 e. The molecule has 2 aromatic rings. The highest BCUT2D eigenvalue weighted by atomic mass is 16.5. The lowest BCUT2D eigenvalue weighted by Gasteiger charge is -2.27. The van der Waals surface area contributed by atoms with Crippen LogP contribution in [0.3, 0.4) is 0 Å². The van der Waals surface area contributed by atoms with E-state index in [-0.39, 0.29) is 30.2 Å². The zero-order valence-corrected chi connectivity index (χ0v) is 15.7. The maximum absolute atomic E-state index is 13.1. The van der Waals surface area contributed by atoms with Gasteiger partial charge in [-0.25, -0.2) is 0 Å². The third-order valence-electron chi connectivity index (χ3n) is 5.78. The van der Waals surface area contributed by atoms with E-state index >= 15 is 0 Å². The lowest BCUT2D eigenvalue weighted by Crippen LogP contribution is -2.42. The zero-order valence-electron chi connectivity index (χ0n) is 15.7. The van der Waals surface area contributed by atoms with Crippen molar-refractivity contribution in [3.8, 4) is 5.75 Å². The Bertz CT molecular complexity index is 854. The van der Waals surface area contributed by atoms with Gasteiger partial charge in [-0.05, 0) is 36.1 Å². The first-order valence-corrected chi connectivity index (χ1v) is 9.35. The predicted octanol–water partition coefficient (Wildman–Crippen LogP) is 2.67. The number of nitrogens with zero attached hydrogens (tertiary/aromatic N) is 2. The molecule has 1 fully saturated rings. The number of methoxy groups -OCH3 is 1. The van der Waals surface area contributed by atoms with E-state index in [9.17, 15) is 9.59 Å². The molecule has 0 aromatic heterocycles. The minimum absolute atomic E-state index is 0.0269. The summed E-state index contributed by atoms with van der Waals surface area (Å²) in [6, 6.07) is 16.0. The van der Waals surface area contributed by atoms with Gasteiger partial charge < -0.3 is 14.5 Å². The van der Waals surface area contributed by atoms with Gasteiger partial charge in [0, 0.05) is 26.1 Å². The Hall–Kier alpha value is -2.82. The number of ether oxygens (including phenoxy) is 1. The topological polar surface area (TPSA) is 49.9 Å². The van der Waals surface area contributed by atoms with E-state index in [1.807, 2.05) is 48.3 Å². The first-order chi connectivity index (χ1) is 13.1. The Labute approximate surface area is 159 Å². The number of anilines is 1. The lowest BCUT2D eigenvalue weighted by molar-refractivity contribution is -0.136. The predicted molar refractivity (Wildman–Crippen MR) is 104 cm³/mol. The highest BCUT2D eigenvalue weighted by Gasteiger charge is 2.39. The van der Waals surface area contributed by atoms with E-state index in [1.54, 1.807) is 12.0 Å². The number of hydrogen-bond donors (Lipinski definition) is 0. The molecule has 0 saturated carbocycles. The van der Waals surface area contributed by atoms with Crippen molar-refractivity contribution in [2.75, 3.05) is 25.6 Å². The number of carbonyl (C=O) groups excluding carboxylic acids is 2. The van der Waals surface area contributed by atoms with Gasteiger partial charge in [0.15, 0.2) is 0 Å². The molecule has 2 amide bonds. The zero-order chi connectivity index (χ0) is 19.0. The largest absolute Gasteiger partial charge is 0.495 e.